The minimum atomic E-state index is -1.12. The van der Waals surface area contributed by atoms with Crippen molar-refractivity contribution in [3.63, 3.8) is 0 Å². The van der Waals surface area contributed by atoms with Gasteiger partial charge in [0.25, 0.3) is 0 Å². The molecule has 0 amide bonds. The molecule has 2 atom stereocenters. The normalized spacial score (nSPS) is 19.0. The van der Waals surface area contributed by atoms with Crippen molar-refractivity contribution in [3.8, 4) is 11.5 Å². The second-order valence-corrected chi connectivity index (χ2v) is 11.1. The van der Waals surface area contributed by atoms with E-state index in [1.807, 2.05) is 18.3 Å². The van der Waals surface area contributed by atoms with Crippen LogP contribution in [-0.2, 0) is 28.0 Å². The SMILES string of the molecule is CO.CSc1c(Oc2ccc(F)c(C3NC=C([C@@]4(C)COCc5c(CCC=O)cccc54)N3)c2)c(F)c(F)c2[nH]ccc12. The van der Waals surface area contributed by atoms with Crippen molar-refractivity contribution in [2.75, 3.05) is 20.0 Å². The van der Waals surface area contributed by atoms with Crippen molar-refractivity contribution in [2.45, 2.75) is 42.8 Å². The summed E-state index contributed by atoms with van der Waals surface area (Å²) < 4.78 is 56.8. The lowest BCUT2D eigenvalue weighted by molar-refractivity contribution is -0.107. The zero-order valence-electron chi connectivity index (χ0n) is 23.9. The van der Waals surface area contributed by atoms with Crippen molar-refractivity contribution >= 4 is 29.0 Å². The first-order valence-corrected chi connectivity index (χ1v) is 14.9. The highest BCUT2D eigenvalue weighted by Gasteiger charge is 2.40. The number of carbonyl (C=O) groups is 1. The average Bonchev–Trinajstić information content (AvgIpc) is 3.72. The number of carbonyl (C=O) groups excluding carboxylic acids is 1. The smallest absolute Gasteiger partial charge is 0.204 e. The van der Waals surface area contributed by atoms with Crippen LogP contribution >= 0.6 is 11.8 Å². The van der Waals surface area contributed by atoms with Crippen LogP contribution in [0.25, 0.3) is 10.9 Å². The van der Waals surface area contributed by atoms with E-state index in [0.717, 1.165) is 35.8 Å². The van der Waals surface area contributed by atoms with Gasteiger partial charge in [0.05, 0.1) is 29.0 Å². The van der Waals surface area contributed by atoms with E-state index in [2.05, 4.69) is 28.6 Å². The molecular weight excluding hydrogens is 579 g/mol. The number of aliphatic hydroxyl groups excluding tert-OH is 1. The van der Waals surface area contributed by atoms with Crippen LogP contribution < -0.4 is 15.4 Å². The minimum Gasteiger partial charge on any atom is -0.453 e. The van der Waals surface area contributed by atoms with Crippen LogP contribution in [0.2, 0.25) is 0 Å². The summed E-state index contributed by atoms with van der Waals surface area (Å²) in [4.78, 5) is 14.1. The number of aromatic nitrogens is 1. The number of thioether (sulfide) groups is 1. The average molecular weight is 612 g/mol. The Morgan fingerprint density at radius 2 is 1.98 bits per heavy atom. The largest absolute Gasteiger partial charge is 0.453 e. The lowest BCUT2D eigenvalue weighted by atomic mass is 9.75. The van der Waals surface area contributed by atoms with Crippen molar-refractivity contribution < 1.29 is 32.5 Å². The molecule has 2 aliphatic heterocycles. The van der Waals surface area contributed by atoms with Gasteiger partial charge in [0, 0.05) is 42.6 Å². The first-order valence-electron chi connectivity index (χ1n) is 13.7. The molecule has 0 saturated carbocycles. The summed E-state index contributed by atoms with van der Waals surface area (Å²) >= 11 is 1.23. The molecule has 226 valence electrons. The van der Waals surface area contributed by atoms with Crippen LogP contribution in [0.4, 0.5) is 13.2 Å². The number of fused-ring (bicyclic) bond motifs is 2. The molecule has 2 aliphatic rings. The summed E-state index contributed by atoms with van der Waals surface area (Å²) in [6, 6.07) is 11.8. The minimum absolute atomic E-state index is 0.0644. The van der Waals surface area contributed by atoms with E-state index in [4.69, 9.17) is 14.6 Å². The first kappa shape index (κ1) is 30.5. The fourth-order valence-corrected chi connectivity index (χ4v) is 6.42. The van der Waals surface area contributed by atoms with Gasteiger partial charge in [0.1, 0.15) is 24.0 Å². The number of H-pyrrole nitrogens is 1. The van der Waals surface area contributed by atoms with Gasteiger partial charge in [-0.15, -0.1) is 11.8 Å². The Labute approximate surface area is 251 Å². The number of nitrogens with one attached hydrogen (secondary N) is 3. The van der Waals surface area contributed by atoms with Gasteiger partial charge in [-0.25, -0.2) is 8.78 Å². The number of aromatic amines is 1. The fourth-order valence-electron chi connectivity index (χ4n) is 5.71. The van der Waals surface area contributed by atoms with Gasteiger partial charge >= 0.3 is 0 Å². The Morgan fingerprint density at radius 3 is 2.74 bits per heavy atom. The number of hydrogen-bond acceptors (Lipinski definition) is 7. The maximum Gasteiger partial charge on any atom is 0.204 e. The number of aldehydes is 1. The number of aliphatic hydroxyl groups is 1. The molecule has 0 bridgehead atoms. The Morgan fingerprint density at radius 1 is 1.16 bits per heavy atom. The van der Waals surface area contributed by atoms with E-state index in [1.54, 1.807) is 12.3 Å². The van der Waals surface area contributed by atoms with Gasteiger partial charge in [0.15, 0.2) is 11.6 Å². The highest BCUT2D eigenvalue weighted by Crippen LogP contribution is 2.43. The summed E-state index contributed by atoms with van der Waals surface area (Å²) in [5.41, 5.74) is 3.82. The lowest BCUT2D eigenvalue weighted by Gasteiger charge is -2.38. The van der Waals surface area contributed by atoms with Crippen molar-refractivity contribution in [1.82, 2.24) is 15.6 Å². The van der Waals surface area contributed by atoms with E-state index in [9.17, 15) is 9.18 Å². The molecule has 0 aliphatic carbocycles. The van der Waals surface area contributed by atoms with Crippen molar-refractivity contribution in [1.29, 1.82) is 0 Å². The quantitative estimate of drug-likeness (QED) is 0.136. The van der Waals surface area contributed by atoms with E-state index < -0.39 is 29.0 Å². The molecule has 3 aromatic carbocycles. The summed E-state index contributed by atoms with van der Waals surface area (Å²) in [5.74, 6) is -2.73. The first-order chi connectivity index (χ1) is 20.9. The fraction of sp³-hybridized carbons (Fsp3) is 0.281. The van der Waals surface area contributed by atoms with Crippen molar-refractivity contribution in [3.05, 3.63) is 100 Å². The van der Waals surface area contributed by atoms with Crippen LogP contribution in [0.15, 0.2) is 65.5 Å². The molecule has 1 aromatic heterocycles. The summed E-state index contributed by atoms with van der Waals surface area (Å²) in [6.07, 6.45) is 6.45. The molecule has 6 rings (SSSR count). The Bertz CT molecular complexity index is 1690. The van der Waals surface area contributed by atoms with Gasteiger partial charge in [0.2, 0.25) is 5.82 Å². The van der Waals surface area contributed by atoms with Crippen LogP contribution in [0.5, 0.6) is 11.5 Å². The van der Waals surface area contributed by atoms with Gasteiger partial charge < -0.3 is 35.0 Å². The Balaban J connectivity index is 0.00000180. The number of ether oxygens (including phenoxy) is 2. The second-order valence-electron chi connectivity index (χ2n) is 10.3. The van der Waals surface area contributed by atoms with Crippen LogP contribution in [0, 0.1) is 17.5 Å². The number of benzene rings is 3. The molecule has 4 N–H and O–H groups in total. The molecule has 0 radical (unpaired) electrons. The topological polar surface area (TPSA) is 95.6 Å². The standard InChI is InChI=1S/C31H28F3N3O3S.CH4O/c1-31(16-39-15-21-17(6-4-12-38)5-3-7-22(21)31)24-14-36-30(37-24)20-13-18(8-9-23(20)32)40-28-26(34)25(33)27-19(10-11-35-27)29(28)41-2;1-2/h3,5,7-14,30,35-37H,4,6,15-16H2,1-2H3;2H,1H3/t30?,31-;/m0./s1. The maximum atomic E-state index is 15.1. The van der Waals surface area contributed by atoms with Crippen LogP contribution in [0.3, 0.4) is 0 Å². The Hall–Kier alpha value is -3.93. The third-order valence-electron chi connectivity index (χ3n) is 7.84. The monoisotopic (exact) mass is 611 g/mol. The molecule has 11 heteroatoms. The maximum absolute atomic E-state index is 15.1. The third kappa shape index (κ3) is 5.48. The molecule has 1 unspecified atom stereocenters. The molecule has 0 fully saturated rings. The third-order valence-corrected chi connectivity index (χ3v) is 8.65. The van der Waals surface area contributed by atoms with Gasteiger partial charge in [-0.1, -0.05) is 18.2 Å². The van der Waals surface area contributed by atoms with Crippen molar-refractivity contribution in [2.24, 2.45) is 0 Å². The summed E-state index contributed by atoms with van der Waals surface area (Å²) in [6.45, 7) is 2.94. The Kier molecular flexibility index (Phi) is 9.05. The highest BCUT2D eigenvalue weighted by molar-refractivity contribution is 7.99. The summed E-state index contributed by atoms with van der Waals surface area (Å²) in [7, 11) is 1.00. The number of aryl methyl sites for hydroxylation is 1. The van der Waals surface area contributed by atoms with Crippen LogP contribution in [0.1, 0.15) is 41.8 Å². The van der Waals surface area contributed by atoms with E-state index in [0.29, 0.717) is 36.3 Å². The molecule has 43 heavy (non-hydrogen) atoms. The molecule has 3 heterocycles. The lowest BCUT2D eigenvalue weighted by Crippen LogP contribution is -2.40. The van der Waals surface area contributed by atoms with Gasteiger partial charge in [-0.05, 0) is 60.6 Å². The van der Waals surface area contributed by atoms with E-state index >= 15 is 8.78 Å². The molecule has 0 saturated heterocycles. The number of halogens is 3. The van der Waals surface area contributed by atoms with Crippen LogP contribution in [-0.4, -0.2) is 36.3 Å². The predicted octanol–water partition coefficient (Wildman–Crippen LogP) is 6.36. The number of hydrogen-bond donors (Lipinski definition) is 4. The molecule has 4 aromatic rings. The van der Waals surface area contributed by atoms with E-state index in [-0.39, 0.29) is 22.6 Å². The zero-order valence-corrected chi connectivity index (χ0v) is 24.7. The zero-order chi connectivity index (χ0) is 30.7. The molecule has 0 spiro atoms. The molecular formula is C32H32F3N3O4S. The molecule has 7 nitrogen and oxygen atoms in total. The van der Waals surface area contributed by atoms with E-state index in [1.165, 1.54) is 36.2 Å². The predicted molar refractivity (Wildman–Crippen MR) is 160 cm³/mol. The highest BCUT2D eigenvalue weighted by atomic mass is 32.2. The van der Waals surface area contributed by atoms with Gasteiger partial charge in [-0.3, -0.25) is 0 Å². The summed E-state index contributed by atoms with van der Waals surface area (Å²) in [5, 5.41) is 14.1. The van der Waals surface area contributed by atoms with Gasteiger partial charge in [-0.2, -0.15) is 4.39 Å². The second kappa shape index (κ2) is 12.7. The number of rotatable bonds is 8.